The van der Waals surface area contributed by atoms with E-state index >= 15 is 0 Å². The van der Waals surface area contributed by atoms with Crippen LogP contribution >= 0.6 is 15.9 Å². The minimum Gasteiger partial charge on any atom is -0.374 e. The molecule has 1 atom stereocenters. The maximum atomic E-state index is 11.6. The van der Waals surface area contributed by atoms with Crippen LogP contribution in [0.25, 0.3) is 10.8 Å². The molecule has 0 aliphatic heterocycles. The van der Waals surface area contributed by atoms with E-state index in [-0.39, 0.29) is 0 Å². The van der Waals surface area contributed by atoms with Crippen LogP contribution < -0.4 is 16.4 Å². The second kappa shape index (κ2) is 5.92. The van der Waals surface area contributed by atoms with E-state index in [0.29, 0.717) is 0 Å². The topological polar surface area (TPSA) is 84.2 Å². The van der Waals surface area contributed by atoms with Gasteiger partial charge in [-0.1, -0.05) is 28.1 Å². The lowest BCUT2D eigenvalue weighted by Crippen LogP contribution is -2.43. The minimum atomic E-state index is -0.855. The van der Waals surface area contributed by atoms with E-state index in [1.165, 1.54) is 0 Å². The summed E-state index contributed by atoms with van der Waals surface area (Å²) in [6.07, 6.45) is 0. The first-order chi connectivity index (χ1) is 9.45. The van der Waals surface area contributed by atoms with E-state index in [9.17, 15) is 9.59 Å². The number of carbonyl (C=O) groups excluding carboxylic acids is 2. The van der Waals surface area contributed by atoms with Gasteiger partial charge in [0.15, 0.2) is 0 Å². The SMILES string of the molecule is CC(Nc1ccc2cc(Br)ccc2c1)C(=O)NC(N)=O. The molecule has 6 heteroatoms. The zero-order chi connectivity index (χ0) is 14.7. The molecular weight excluding hydrogens is 322 g/mol. The van der Waals surface area contributed by atoms with Crippen molar-refractivity contribution in [1.29, 1.82) is 0 Å². The Kier molecular flexibility index (Phi) is 4.24. The number of amides is 3. The first-order valence-corrected chi connectivity index (χ1v) is 6.81. The molecule has 2 aromatic carbocycles. The molecule has 20 heavy (non-hydrogen) atoms. The van der Waals surface area contributed by atoms with E-state index in [4.69, 9.17) is 5.73 Å². The number of hydrogen-bond donors (Lipinski definition) is 3. The summed E-state index contributed by atoms with van der Waals surface area (Å²) in [5, 5.41) is 7.21. The van der Waals surface area contributed by atoms with Crippen molar-refractivity contribution in [2.24, 2.45) is 5.73 Å². The van der Waals surface area contributed by atoms with E-state index in [1.54, 1.807) is 6.92 Å². The maximum absolute atomic E-state index is 11.6. The third kappa shape index (κ3) is 3.48. The number of nitrogens with one attached hydrogen (secondary N) is 2. The van der Waals surface area contributed by atoms with Gasteiger partial charge in [0.05, 0.1) is 0 Å². The quantitative estimate of drug-likeness (QED) is 0.805. The second-order valence-corrected chi connectivity index (χ2v) is 5.34. The van der Waals surface area contributed by atoms with Crippen molar-refractivity contribution in [3.63, 3.8) is 0 Å². The molecule has 0 aliphatic rings. The van der Waals surface area contributed by atoms with Crippen molar-refractivity contribution in [3.8, 4) is 0 Å². The normalized spacial score (nSPS) is 11.9. The van der Waals surface area contributed by atoms with Crippen LogP contribution in [-0.2, 0) is 4.79 Å². The van der Waals surface area contributed by atoms with Crippen molar-refractivity contribution in [2.75, 3.05) is 5.32 Å². The molecule has 2 rings (SSSR count). The Bertz CT molecular complexity index is 673. The summed E-state index contributed by atoms with van der Waals surface area (Å²) in [5.41, 5.74) is 5.71. The molecular formula is C14H14BrN3O2. The molecule has 4 N–H and O–H groups in total. The first-order valence-electron chi connectivity index (χ1n) is 6.02. The summed E-state index contributed by atoms with van der Waals surface area (Å²) in [5.74, 6) is -0.464. The molecule has 0 spiro atoms. The first kappa shape index (κ1) is 14.3. The number of primary amides is 1. The van der Waals surface area contributed by atoms with Crippen molar-refractivity contribution in [3.05, 3.63) is 40.9 Å². The van der Waals surface area contributed by atoms with Gasteiger partial charge in [0.25, 0.3) is 0 Å². The molecule has 0 radical (unpaired) electrons. The number of carbonyl (C=O) groups is 2. The number of hydrogen-bond acceptors (Lipinski definition) is 3. The van der Waals surface area contributed by atoms with E-state index in [1.807, 2.05) is 41.7 Å². The van der Waals surface area contributed by atoms with Crippen molar-refractivity contribution >= 4 is 44.3 Å². The van der Waals surface area contributed by atoms with Crippen LogP contribution in [0.5, 0.6) is 0 Å². The highest BCUT2D eigenvalue weighted by molar-refractivity contribution is 9.10. The number of benzene rings is 2. The number of imide groups is 1. The fourth-order valence-corrected chi connectivity index (χ4v) is 2.23. The fourth-order valence-electron chi connectivity index (χ4n) is 1.85. The van der Waals surface area contributed by atoms with Crippen molar-refractivity contribution in [2.45, 2.75) is 13.0 Å². The van der Waals surface area contributed by atoms with Crippen LogP contribution in [-0.4, -0.2) is 18.0 Å². The molecule has 2 aromatic rings. The standard InChI is InChI=1S/C14H14BrN3O2/c1-8(13(19)18-14(16)20)17-12-5-3-9-6-11(15)4-2-10(9)7-12/h2-8,17H,1H3,(H3,16,18,19,20). The third-order valence-corrected chi connectivity index (χ3v) is 3.32. The highest BCUT2D eigenvalue weighted by atomic mass is 79.9. The van der Waals surface area contributed by atoms with Gasteiger partial charge in [-0.15, -0.1) is 0 Å². The zero-order valence-corrected chi connectivity index (χ0v) is 12.4. The van der Waals surface area contributed by atoms with Gasteiger partial charge in [0.1, 0.15) is 6.04 Å². The molecule has 0 bridgehead atoms. The summed E-state index contributed by atoms with van der Waals surface area (Å²) in [7, 11) is 0. The van der Waals surface area contributed by atoms with Gasteiger partial charge in [-0.2, -0.15) is 0 Å². The number of anilines is 1. The summed E-state index contributed by atoms with van der Waals surface area (Å²) in [6.45, 7) is 1.66. The number of halogens is 1. The second-order valence-electron chi connectivity index (χ2n) is 4.43. The molecule has 0 heterocycles. The molecule has 1 unspecified atom stereocenters. The predicted molar refractivity (Wildman–Crippen MR) is 82.5 cm³/mol. The largest absolute Gasteiger partial charge is 0.374 e. The van der Waals surface area contributed by atoms with Gasteiger partial charge >= 0.3 is 6.03 Å². The highest BCUT2D eigenvalue weighted by Gasteiger charge is 2.14. The number of rotatable bonds is 3. The van der Waals surface area contributed by atoms with Crippen LogP contribution in [0.15, 0.2) is 40.9 Å². The van der Waals surface area contributed by atoms with Gasteiger partial charge in [0, 0.05) is 10.2 Å². The Balaban J connectivity index is 2.15. The third-order valence-electron chi connectivity index (χ3n) is 2.83. The molecule has 0 saturated heterocycles. The molecule has 0 aliphatic carbocycles. The number of nitrogens with two attached hydrogens (primary N) is 1. The van der Waals surface area contributed by atoms with Crippen LogP contribution in [0.3, 0.4) is 0 Å². The lowest BCUT2D eigenvalue weighted by molar-refractivity contribution is -0.120. The van der Waals surface area contributed by atoms with Gasteiger partial charge in [-0.25, -0.2) is 4.79 Å². The Labute approximate surface area is 124 Å². The summed E-state index contributed by atoms with van der Waals surface area (Å²) >= 11 is 3.42. The minimum absolute atomic E-state index is 0.464. The molecule has 0 saturated carbocycles. The molecule has 0 fully saturated rings. The van der Waals surface area contributed by atoms with Crippen molar-refractivity contribution < 1.29 is 9.59 Å². The highest BCUT2D eigenvalue weighted by Crippen LogP contribution is 2.23. The van der Waals surface area contributed by atoms with Gasteiger partial charge < -0.3 is 11.1 Å². The predicted octanol–water partition coefficient (Wildman–Crippen LogP) is 2.60. The Hall–Kier alpha value is -2.08. The molecule has 104 valence electrons. The summed E-state index contributed by atoms with van der Waals surface area (Å²) in [6, 6.07) is 10.3. The smallest absolute Gasteiger partial charge is 0.318 e. The Morgan fingerprint density at radius 1 is 1.15 bits per heavy atom. The fraction of sp³-hybridized carbons (Fsp3) is 0.143. The van der Waals surface area contributed by atoms with Crippen LogP contribution in [0.2, 0.25) is 0 Å². The summed E-state index contributed by atoms with van der Waals surface area (Å²) < 4.78 is 1.01. The zero-order valence-electron chi connectivity index (χ0n) is 10.8. The lowest BCUT2D eigenvalue weighted by atomic mass is 10.1. The average molecular weight is 336 g/mol. The Morgan fingerprint density at radius 3 is 2.50 bits per heavy atom. The molecule has 3 amide bonds. The lowest BCUT2D eigenvalue weighted by Gasteiger charge is -2.14. The van der Waals surface area contributed by atoms with Gasteiger partial charge in [-0.05, 0) is 42.0 Å². The van der Waals surface area contributed by atoms with E-state index in [0.717, 1.165) is 20.9 Å². The molecule has 0 aromatic heterocycles. The van der Waals surface area contributed by atoms with Crippen molar-refractivity contribution in [1.82, 2.24) is 5.32 Å². The van der Waals surface area contributed by atoms with Crippen LogP contribution in [0, 0.1) is 0 Å². The molecule has 5 nitrogen and oxygen atoms in total. The van der Waals surface area contributed by atoms with Crippen LogP contribution in [0.1, 0.15) is 6.92 Å². The number of fused-ring (bicyclic) bond motifs is 1. The monoisotopic (exact) mass is 335 g/mol. The van der Waals surface area contributed by atoms with Crippen LogP contribution in [0.4, 0.5) is 10.5 Å². The maximum Gasteiger partial charge on any atom is 0.318 e. The number of urea groups is 1. The van der Waals surface area contributed by atoms with Gasteiger partial charge in [0.2, 0.25) is 5.91 Å². The Morgan fingerprint density at radius 2 is 1.80 bits per heavy atom. The van der Waals surface area contributed by atoms with Gasteiger partial charge in [-0.3, -0.25) is 10.1 Å². The van der Waals surface area contributed by atoms with E-state index in [2.05, 4.69) is 21.2 Å². The van der Waals surface area contributed by atoms with E-state index < -0.39 is 18.0 Å². The average Bonchev–Trinajstić information content (AvgIpc) is 2.38. The summed E-state index contributed by atoms with van der Waals surface area (Å²) in [4.78, 5) is 22.2.